The zero-order chi connectivity index (χ0) is 16.2. The SMILES string of the molecule is NC(=O)c1[c]ccc2c(CCCc3ccccc3)n[nH]c(=O)c12. The molecule has 2 aromatic carbocycles. The number of benzene rings is 2. The van der Waals surface area contributed by atoms with Crippen LogP contribution >= 0.6 is 0 Å². The van der Waals surface area contributed by atoms with Gasteiger partial charge in [-0.1, -0.05) is 42.5 Å². The fourth-order valence-corrected chi connectivity index (χ4v) is 2.70. The molecule has 3 N–H and O–H groups in total. The largest absolute Gasteiger partial charge is 0.366 e. The van der Waals surface area contributed by atoms with Crippen LogP contribution in [0, 0.1) is 6.07 Å². The zero-order valence-electron chi connectivity index (χ0n) is 12.5. The molecule has 23 heavy (non-hydrogen) atoms. The molecule has 0 saturated heterocycles. The second kappa shape index (κ2) is 6.44. The van der Waals surface area contributed by atoms with Crippen LogP contribution in [-0.4, -0.2) is 16.1 Å². The van der Waals surface area contributed by atoms with E-state index in [1.807, 2.05) is 18.2 Å². The summed E-state index contributed by atoms with van der Waals surface area (Å²) < 4.78 is 0. The van der Waals surface area contributed by atoms with Gasteiger partial charge in [0.15, 0.2) is 0 Å². The van der Waals surface area contributed by atoms with E-state index >= 15 is 0 Å². The first-order valence-corrected chi connectivity index (χ1v) is 7.42. The molecule has 0 atom stereocenters. The van der Waals surface area contributed by atoms with Crippen LogP contribution in [0.3, 0.4) is 0 Å². The highest BCUT2D eigenvalue weighted by molar-refractivity contribution is 6.06. The number of carbonyl (C=O) groups is 1. The van der Waals surface area contributed by atoms with Crippen molar-refractivity contribution in [3.8, 4) is 0 Å². The normalized spacial score (nSPS) is 10.8. The number of nitrogens with two attached hydrogens (primary N) is 1. The maximum atomic E-state index is 12.0. The van der Waals surface area contributed by atoms with Crippen LogP contribution in [0.15, 0.2) is 47.3 Å². The molecule has 0 aliphatic carbocycles. The van der Waals surface area contributed by atoms with Gasteiger partial charge < -0.3 is 5.73 Å². The van der Waals surface area contributed by atoms with E-state index in [1.54, 1.807) is 12.1 Å². The van der Waals surface area contributed by atoms with E-state index in [9.17, 15) is 9.59 Å². The lowest BCUT2D eigenvalue weighted by Gasteiger charge is -2.07. The minimum absolute atomic E-state index is 0.107. The third-order valence-corrected chi connectivity index (χ3v) is 3.80. The molecule has 0 bridgehead atoms. The lowest BCUT2D eigenvalue weighted by atomic mass is 10.0. The van der Waals surface area contributed by atoms with Crippen molar-refractivity contribution in [3.63, 3.8) is 0 Å². The number of hydrogen-bond donors (Lipinski definition) is 2. The fourth-order valence-electron chi connectivity index (χ4n) is 2.70. The Balaban J connectivity index is 1.90. The summed E-state index contributed by atoms with van der Waals surface area (Å²) >= 11 is 0. The van der Waals surface area contributed by atoms with Crippen LogP contribution in [0.1, 0.15) is 28.0 Å². The molecular formula is C18H16N3O2. The van der Waals surface area contributed by atoms with Crippen molar-refractivity contribution in [1.82, 2.24) is 10.2 Å². The van der Waals surface area contributed by atoms with E-state index < -0.39 is 11.5 Å². The third kappa shape index (κ3) is 3.13. The van der Waals surface area contributed by atoms with Crippen molar-refractivity contribution >= 4 is 16.7 Å². The van der Waals surface area contributed by atoms with Crippen molar-refractivity contribution in [2.24, 2.45) is 5.73 Å². The second-order valence-electron chi connectivity index (χ2n) is 5.34. The number of hydrogen-bond acceptors (Lipinski definition) is 3. The van der Waals surface area contributed by atoms with Gasteiger partial charge in [-0.25, -0.2) is 5.10 Å². The maximum Gasteiger partial charge on any atom is 0.272 e. The topological polar surface area (TPSA) is 88.8 Å². The Morgan fingerprint density at radius 2 is 1.96 bits per heavy atom. The molecular weight excluding hydrogens is 290 g/mol. The molecule has 1 aromatic heterocycles. The Morgan fingerprint density at radius 1 is 1.17 bits per heavy atom. The summed E-state index contributed by atoms with van der Waals surface area (Å²) in [6.45, 7) is 0. The molecule has 3 rings (SSSR count). The summed E-state index contributed by atoms with van der Waals surface area (Å²) in [5, 5.41) is 7.52. The van der Waals surface area contributed by atoms with E-state index in [2.05, 4.69) is 28.4 Å². The van der Waals surface area contributed by atoms with Crippen molar-refractivity contribution < 1.29 is 4.79 Å². The summed E-state index contributed by atoms with van der Waals surface area (Å²) in [6, 6.07) is 16.3. The van der Waals surface area contributed by atoms with E-state index in [0.717, 1.165) is 18.5 Å². The second-order valence-corrected chi connectivity index (χ2v) is 5.34. The van der Waals surface area contributed by atoms with Crippen LogP contribution < -0.4 is 11.3 Å². The van der Waals surface area contributed by atoms with E-state index in [1.165, 1.54) is 5.56 Å². The molecule has 5 heteroatoms. The predicted octanol–water partition coefficient (Wildman–Crippen LogP) is 2.00. The van der Waals surface area contributed by atoms with Crippen LogP contribution in [0.25, 0.3) is 10.8 Å². The molecule has 1 heterocycles. The average molecular weight is 306 g/mol. The van der Waals surface area contributed by atoms with Crippen LogP contribution in [-0.2, 0) is 12.8 Å². The molecule has 0 aliphatic rings. The summed E-state index contributed by atoms with van der Waals surface area (Å²) in [4.78, 5) is 23.5. The lowest BCUT2D eigenvalue weighted by Crippen LogP contribution is -2.19. The predicted molar refractivity (Wildman–Crippen MR) is 88.2 cm³/mol. The molecule has 0 saturated carbocycles. The third-order valence-electron chi connectivity index (χ3n) is 3.80. The molecule has 1 amide bonds. The Morgan fingerprint density at radius 3 is 2.70 bits per heavy atom. The molecule has 0 unspecified atom stereocenters. The lowest BCUT2D eigenvalue weighted by molar-refractivity contribution is 0.100. The molecule has 1 radical (unpaired) electrons. The molecule has 3 aromatic rings. The van der Waals surface area contributed by atoms with Crippen molar-refractivity contribution in [2.45, 2.75) is 19.3 Å². The van der Waals surface area contributed by atoms with Crippen LogP contribution in [0.5, 0.6) is 0 Å². The highest BCUT2D eigenvalue weighted by Crippen LogP contribution is 2.18. The smallest absolute Gasteiger partial charge is 0.272 e. The average Bonchev–Trinajstić information content (AvgIpc) is 2.57. The Bertz CT molecular complexity index is 901. The first kappa shape index (κ1) is 15.0. The Kier molecular flexibility index (Phi) is 4.19. The number of nitrogens with zero attached hydrogens (tertiary/aromatic N) is 1. The van der Waals surface area contributed by atoms with E-state index in [4.69, 9.17) is 5.73 Å². The number of carbonyl (C=O) groups excluding carboxylic acids is 1. The van der Waals surface area contributed by atoms with Gasteiger partial charge in [0.1, 0.15) is 0 Å². The van der Waals surface area contributed by atoms with Gasteiger partial charge >= 0.3 is 0 Å². The molecule has 0 fully saturated rings. The number of aromatic amines is 1. The Labute approximate surface area is 133 Å². The molecule has 115 valence electrons. The summed E-state index contributed by atoms with van der Waals surface area (Å²) in [5.74, 6) is -0.664. The van der Waals surface area contributed by atoms with Gasteiger partial charge in [-0.3, -0.25) is 9.59 Å². The van der Waals surface area contributed by atoms with Gasteiger partial charge in [0.2, 0.25) is 5.91 Å². The standard InChI is InChI=1S/C18H16N3O2/c19-17(22)14-10-5-9-13-15(20-21-18(23)16(13)14)11-4-8-12-6-2-1-3-7-12/h1-3,5-7,9H,4,8,11H2,(H2,19,22)(H,21,23). The summed E-state index contributed by atoms with van der Waals surface area (Å²) in [7, 11) is 0. The number of amides is 1. The van der Waals surface area contributed by atoms with Crippen LogP contribution in [0.2, 0.25) is 0 Å². The first-order valence-electron chi connectivity index (χ1n) is 7.42. The summed E-state index contributed by atoms with van der Waals surface area (Å²) in [6.07, 6.45) is 2.51. The minimum Gasteiger partial charge on any atom is -0.366 e. The number of nitrogens with one attached hydrogen (secondary N) is 1. The van der Waals surface area contributed by atoms with E-state index in [-0.39, 0.29) is 10.9 Å². The Hall–Kier alpha value is -2.95. The van der Waals surface area contributed by atoms with Crippen molar-refractivity contribution in [2.75, 3.05) is 0 Å². The number of H-pyrrole nitrogens is 1. The fraction of sp³-hybridized carbons (Fsp3) is 0.167. The van der Waals surface area contributed by atoms with Crippen LogP contribution in [0.4, 0.5) is 0 Å². The highest BCUT2D eigenvalue weighted by Gasteiger charge is 2.13. The van der Waals surface area contributed by atoms with Gasteiger partial charge in [0, 0.05) is 5.39 Å². The van der Waals surface area contributed by atoms with Crippen molar-refractivity contribution in [1.29, 1.82) is 0 Å². The van der Waals surface area contributed by atoms with E-state index in [0.29, 0.717) is 11.8 Å². The number of fused-ring (bicyclic) bond motifs is 1. The zero-order valence-corrected chi connectivity index (χ0v) is 12.5. The number of primary amides is 1. The highest BCUT2D eigenvalue weighted by atomic mass is 16.1. The minimum atomic E-state index is -0.664. The van der Waals surface area contributed by atoms with Gasteiger partial charge in [0.25, 0.3) is 5.56 Å². The molecule has 0 spiro atoms. The number of rotatable bonds is 5. The molecule has 0 aliphatic heterocycles. The molecule has 5 nitrogen and oxygen atoms in total. The number of aromatic nitrogens is 2. The first-order chi connectivity index (χ1) is 11.2. The van der Waals surface area contributed by atoms with Gasteiger partial charge in [-0.05, 0) is 30.9 Å². The van der Waals surface area contributed by atoms with Gasteiger partial charge in [0.05, 0.1) is 16.6 Å². The monoisotopic (exact) mass is 306 g/mol. The van der Waals surface area contributed by atoms with Gasteiger partial charge in [-0.2, -0.15) is 5.10 Å². The summed E-state index contributed by atoms with van der Waals surface area (Å²) in [5.41, 5.74) is 7.03. The maximum absolute atomic E-state index is 12.0. The number of aryl methyl sites for hydroxylation is 2. The van der Waals surface area contributed by atoms with Gasteiger partial charge in [-0.15, -0.1) is 0 Å². The van der Waals surface area contributed by atoms with Crippen molar-refractivity contribution in [3.05, 3.63) is 75.7 Å². The quantitative estimate of drug-likeness (QED) is 0.755.